The smallest absolute Gasteiger partial charge is 0.00233 e. The van der Waals surface area contributed by atoms with Gasteiger partial charge in [-0.25, -0.2) is 0 Å². The van der Waals surface area contributed by atoms with E-state index in [1.54, 1.807) is 0 Å². The summed E-state index contributed by atoms with van der Waals surface area (Å²) in [6.07, 6.45) is 3.91. The summed E-state index contributed by atoms with van der Waals surface area (Å²) in [4.78, 5) is 0. The van der Waals surface area contributed by atoms with Crippen LogP contribution in [0.25, 0.3) is 0 Å². The second kappa shape index (κ2) is 7.07. The Bertz CT molecular complexity index is 61.7. The van der Waals surface area contributed by atoms with Gasteiger partial charge in [0.25, 0.3) is 0 Å². The van der Waals surface area contributed by atoms with E-state index in [0.29, 0.717) is 0 Å². The summed E-state index contributed by atoms with van der Waals surface area (Å²) in [5, 5.41) is 3.44. The third-order valence-electron chi connectivity index (χ3n) is 1.90. The SMILES string of the molecule is CCCCNC[C@@H](C)CC. The van der Waals surface area contributed by atoms with Crippen molar-refractivity contribution in [3.05, 3.63) is 0 Å². The zero-order chi connectivity index (χ0) is 7.82. The summed E-state index contributed by atoms with van der Waals surface area (Å²) in [7, 11) is 0. The highest BCUT2D eigenvalue weighted by atomic mass is 14.8. The summed E-state index contributed by atoms with van der Waals surface area (Å²) < 4.78 is 0. The molecule has 1 N–H and O–H groups in total. The van der Waals surface area contributed by atoms with Gasteiger partial charge in [-0.05, 0) is 25.4 Å². The third-order valence-corrected chi connectivity index (χ3v) is 1.90. The van der Waals surface area contributed by atoms with Gasteiger partial charge in [0.2, 0.25) is 0 Å². The first-order valence-electron chi connectivity index (χ1n) is 4.52. The Balaban J connectivity index is 2.89. The normalized spacial score (nSPS) is 13.5. The Morgan fingerprint density at radius 2 is 2.00 bits per heavy atom. The van der Waals surface area contributed by atoms with Crippen LogP contribution in [0, 0.1) is 5.92 Å². The van der Waals surface area contributed by atoms with Crippen LogP contribution in [0.2, 0.25) is 0 Å². The molecule has 0 saturated carbocycles. The molecule has 0 saturated heterocycles. The van der Waals surface area contributed by atoms with Crippen LogP contribution in [0.3, 0.4) is 0 Å². The van der Waals surface area contributed by atoms with Gasteiger partial charge in [-0.15, -0.1) is 0 Å². The van der Waals surface area contributed by atoms with E-state index in [1.807, 2.05) is 0 Å². The highest BCUT2D eigenvalue weighted by Gasteiger charge is 1.95. The molecule has 0 aliphatic heterocycles. The lowest BCUT2D eigenvalue weighted by atomic mass is 10.1. The lowest BCUT2D eigenvalue weighted by Gasteiger charge is -2.08. The average Bonchev–Trinajstić information content (AvgIpc) is 1.98. The number of rotatable bonds is 6. The molecule has 0 amide bonds. The minimum absolute atomic E-state index is 0.844. The van der Waals surface area contributed by atoms with Crippen molar-refractivity contribution in [3.63, 3.8) is 0 Å². The van der Waals surface area contributed by atoms with Gasteiger partial charge < -0.3 is 5.32 Å². The van der Waals surface area contributed by atoms with Crippen LogP contribution in [0.15, 0.2) is 0 Å². The maximum atomic E-state index is 3.44. The van der Waals surface area contributed by atoms with E-state index in [2.05, 4.69) is 26.1 Å². The van der Waals surface area contributed by atoms with E-state index >= 15 is 0 Å². The van der Waals surface area contributed by atoms with Crippen LogP contribution in [-0.4, -0.2) is 13.1 Å². The molecule has 1 heteroatoms. The molecular weight excluding hydrogens is 122 g/mol. The topological polar surface area (TPSA) is 12.0 Å². The van der Waals surface area contributed by atoms with Crippen LogP contribution in [0.1, 0.15) is 40.0 Å². The fourth-order valence-corrected chi connectivity index (χ4v) is 0.795. The second-order valence-corrected chi connectivity index (χ2v) is 3.07. The van der Waals surface area contributed by atoms with E-state index in [4.69, 9.17) is 0 Å². The Kier molecular flexibility index (Phi) is 7.04. The van der Waals surface area contributed by atoms with E-state index in [9.17, 15) is 0 Å². The van der Waals surface area contributed by atoms with Crippen LogP contribution >= 0.6 is 0 Å². The van der Waals surface area contributed by atoms with Crippen molar-refractivity contribution in [1.29, 1.82) is 0 Å². The summed E-state index contributed by atoms with van der Waals surface area (Å²) in [6, 6.07) is 0. The summed E-state index contributed by atoms with van der Waals surface area (Å²) >= 11 is 0. The minimum Gasteiger partial charge on any atom is -0.316 e. The van der Waals surface area contributed by atoms with Gasteiger partial charge in [0.05, 0.1) is 0 Å². The monoisotopic (exact) mass is 143 g/mol. The molecule has 0 bridgehead atoms. The fraction of sp³-hybridized carbons (Fsp3) is 1.00. The molecule has 0 aliphatic rings. The third kappa shape index (κ3) is 6.09. The Labute approximate surface area is 65.2 Å². The summed E-state index contributed by atoms with van der Waals surface area (Å²) in [6.45, 7) is 9.15. The molecule has 0 spiro atoms. The highest BCUT2D eigenvalue weighted by molar-refractivity contribution is 4.53. The summed E-state index contributed by atoms with van der Waals surface area (Å²) in [5.41, 5.74) is 0. The molecule has 0 aromatic rings. The zero-order valence-corrected chi connectivity index (χ0v) is 7.61. The standard InChI is InChI=1S/C9H21N/c1-4-6-7-10-8-9(3)5-2/h9-10H,4-8H2,1-3H3/t9-/m0/s1. The Morgan fingerprint density at radius 1 is 1.30 bits per heavy atom. The maximum absolute atomic E-state index is 3.44. The van der Waals surface area contributed by atoms with Crippen LogP contribution in [-0.2, 0) is 0 Å². The largest absolute Gasteiger partial charge is 0.316 e. The number of nitrogens with one attached hydrogen (secondary N) is 1. The predicted octanol–water partition coefficient (Wildman–Crippen LogP) is 2.42. The van der Waals surface area contributed by atoms with Gasteiger partial charge in [-0.2, -0.15) is 0 Å². The lowest BCUT2D eigenvalue weighted by Crippen LogP contribution is -2.21. The molecule has 0 fully saturated rings. The van der Waals surface area contributed by atoms with Gasteiger partial charge in [-0.1, -0.05) is 33.6 Å². The second-order valence-electron chi connectivity index (χ2n) is 3.07. The van der Waals surface area contributed by atoms with Gasteiger partial charge in [0.1, 0.15) is 0 Å². The first kappa shape index (κ1) is 9.96. The number of unbranched alkanes of at least 4 members (excludes halogenated alkanes) is 1. The fourth-order valence-electron chi connectivity index (χ4n) is 0.795. The number of hydrogen-bond donors (Lipinski definition) is 1. The molecule has 0 unspecified atom stereocenters. The Morgan fingerprint density at radius 3 is 2.50 bits per heavy atom. The van der Waals surface area contributed by atoms with Crippen molar-refractivity contribution in [2.24, 2.45) is 5.92 Å². The van der Waals surface area contributed by atoms with Gasteiger partial charge >= 0.3 is 0 Å². The Hall–Kier alpha value is -0.0400. The van der Waals surface area contributed by atoms with Crippen molar-refractivity contribution >= 4 is 0 Å². The minimum atomic E-state index is 0.844. The van der Waals surface area contributed by atoms with Crippen molar-refractivity contribution in [2.45, 2.75) is 40.0 Å². The predicted molar refractivity (Wildman–Crippen MR) is 47.2 cm³/mol. The number of hydrogen-bond acceptors (Lipinski definition) is 1. The quantitative estimate of drug-likeness (QED) is 0.563. The van der Waals surface area contributed by atoms with Crippen molar-refractivity contribution in [1.82, 2.24) is 5.32 Å². The van der Waals surface area contributed by atoms with Crippen molar-refractivity contribution in [3.8, 4) is 0 Å². The van der Waals surface area contributed by atoms with E-state index in [1.165, 1.54) is 32.4 Å². The zero-order valence-electron chi connectivity index (χ0n) is 7.61. The van der Waals surface area contributed by atoms with Crippen molar-refractivity contribution in [2.75, 3.05) is 13.1 Å². The molecule has 0 rings (SSSR count). The van der Waals surface area contributed by atoms with Gasteiger partial charge in [-0.3, -0.25) is 0 Å². The van der Waals surface area contributed by atoms with Crippen molar-refractivity contribution < 1.29 is 0 Å². The van der Waals surface area contributed by atoms with Crippen LogP contribution < -0.4 is 5.32 Å². The molecule has 1 nitrogen and oxygen atoms in total. The molecule has 0 aromatic heterocycles. The average molecular weight is 143 g/mol. The van der Waals surface area contributed by atoms with E-state index in [0.717, 1.165) is 5.92 Å². The molecule has 0 heterocycles. The van der Waals surface area contributed by atoms with Gasteiger partial charge in [0.15, 0.2) is 0 Å². The molecule has 0 aromatic carbocycles. The molecule has 0 radical (unpaired) electrons. The molecule has 10 heavy (non-hydrogen) atoms. The lowest BCUT2D eigenvalue weighted by molar-refractivity contribution is 0.494. The molecule has 1 atom stereocenters. The molecule has 0 aliphatic carbocycles. The van der Waals surface area contributed by atoms with Crippen LogP contribution in [0.4, 0.5) is 0 Å². The summed E-state index contributed by atoms with van der Waals surface area (Å²) in [5.74, 6) is 0.844. The van der Waals surface area contributed by atoms with E-state index in [-0.39, 0.29) is 0 Å². The first-order valence-corrected chi connectivity index (χ1v) is 4.52. The maximum Gasteiger partial charge on any atom is -0.00233 e. The molecule has 62 valence electrons. The van der Waals surface area contributed by atoms with E-state index < -0.39 is 0 Å². The van der Waals surface area contributed by atoms with Gasteiger partial charge in [0, 0.05) is 0 Å². The van der Waals surface area contributed by atoms with Crippen LogP contribution in [0.5, 0.6) is 0 Å². The molecular formula is C9H21N. The highest BCUT2D eigenvalue weighted by Crippen LogP contribution is 1.96. The first-order chi connectivity index (χ1) is 4.81.